The minimum absolute atomic E-state index is 0.0469. The summed E-state index contributed by atoms with van der Waals surface area (Å²) in [5.41, 5.74) is -0.0469. The zero-order chi connectivity index (χ0) is 12.9. The number of morpholine rings is 1. The van der Waals surface area contributed by atoms with E-state index in [0.29, 0.717) is 12.0 Å². The molecule has 0 spiro atoms. The Hall–Kier alpha value is 0.360. The van der Waals surface area contributed by atoms with Gasteiger partial charge in [-0.2, -0.15) is 0 Å². The molecule has 0 aliphatic carbocycles. The van der Waals surface area contributed by atoms with Gasteiger partial charge in [0.25, 0.3) is 0 Å². The van der Waals surface area contributed by atoms with Crippen LogP contribution in [0.25, 0.3) is 0 Å². The van der Waals surface area contributed by atoms with Crippen molar-refractivity contribution in [2.24, 2.45) is 5.92 Å². The molecule has 0 bridgehead atoms. The molecule has 4 heteroatoms. The van der Waals surface area contributed by atoms with E-state index in [1.54, 1.807) is 0 Å². The van der Waals surface area contributed by atoms with Crippen molar-refractivity contribution in [3.63, 3.8) is 0 Å². The SMILES string of the molecule is CC(C)COCCN1CC(CBr)OC(C)(C)C1. The third-order valence-corrected chi connectivity index (χ3v) is 3.45. The van der Waals surface area contributed by atoms with E-state index < -0.39 is 0 Å². The fraction of sp³-hybridized carbons (Fsp3) is 1.00. The Kier molecular flexibility index (Phi) is 6.41. The van der Waals surface area contributed by atoms with Crippen molar-refractivity contribution < 1.29 is 9.47 Å². The molecule has 1 rings (SSSR count). The topological polar surface area (TPSA) is 21.7 Å². The van der Waals surface area contributed by atoms with E-state index in [9.17, 15) is 0 Å². The number of rotatable bonds is 6. The first kappa shape index (κ1) is 15.4. The molecular weight excluding hydrogens is 282 g/mol. The minimum Gasteiger partial charge on any atom is -0.380 e. The third-order valence-electron chi connectivity index (χ3n) is 2.73. The average Bonchev–Trinajstić information content (AvgIpc) is 2.22. The van der Waals surface area contributed by atoms with Gasteiger partial charge >= 0.3 is 0 Å². The van der Waals surface area contributed by atoms with Gasteiger partial charge in [0, 0.05) is 31.6 Å². The summed E-state index contributed by atoms with van der Waals surface area (Å²) in [5, 5.41) is 0.903. The Labute approximate surface area is 114 Å². The molecule has 0 aromatic carbocycles. The molecule has 0 saturated carbocycles. The summed E-state index contributed by atoms with van der Waals surface area (Å²) in [6, 6.07) is 0. The van der Waals surface area contributed by atoms with Crippen LogP contribution < -0.4 is 0 Å². The Morgan fingerprint density at radius 3 is 2.76 bits per heavy atom. The van der Waals surface area contributed by atoms with Crippen molar-refractivity contribution in [1.82, 2.24) is 4.90 Å². The molecule has 0 aromatic rings. The van der Waals surface area contributed by atoms with E-state index in [0.717, 1.165) is 38.2 Å². The summed E-state index contributed by atoms with van der Waals surface area (Å²) in [7, 11) is 0. The molecule has 17 heavy (non-hydrogen) atoms. The van der Waals surface area contributed by atoms with Crippen molar-refractivity contribution in [3.8, 4) is 0 Å². The summed E-state index contributed by atoms with van der Waals surface area (Å²) in [5.74, 6) is 0.617. The average molecular weight is 308 g/mol. The molecule has 1 aliphatic rings. The molecule has 1 aliphatic heterocycles. The number of alkyl halides is 1. The van der Waals surface area contributed by atoms with Gasteiger partial charge < -0.3 is 9.47 Å². The van der Waals surface area contributed by atoms with Crippen molar-refractivity contribution in [3.05, 3.63) is 0 Å². The molecular formula is C13H26BrNO2. The van der Waals surface area contributed by atoms with Gasteiger partial charge in [0.1, 0.15) is 0 Å². The van der Waals surface area contributed by atoms with Crippen LogP contribution in [-0.4, -0.2) is 54.8 Å². The highest BCUT2D eigenvalue weighted by Crippen LogP contribution is 2.21. The fourth-order valence-corrected chi connectivity index (χ4v) is 2.52. The standard InChI is InChI=1S/C13H26BrNO2/c1-11(2)9-16-6-5-15-8-12(7-14)17-13(3,4)10-15/h11-12H,5-10H2,1-4H3. The van der Waals surface area contributed by atoms with Crippen LogP contribution >= 0.6 is 15.9 Å². The van der Waals surface area contributed by atoms with E-state index in [1.165, 1.54) is 0 Å². The van der Waals surface area contributed by atoms with Gasteiger partial charge in [-0.15, -0.1) is 0 Å². The lowest BCUT2D eigenvalue weighted by Crippen LogP contribution is -2.53. The highest BCUT2D eigenvalue weighted by Gasteiger charge is 2.32. The van der Waals surface area contributed by atoms with Crippen molar-refractivity contribution in [2.45, 2.75) is 39.4 Å². The Morgan fingerprint density at radius 1 is 1.47 bits per heavy atom. The van der Waals surface area contributed by atoms with E-state index in [-0.39, 0.29) is 5.60 Å². The zero-order valence-corrected chi connectivity index (χ0v) is 13.1. The van der Waals surface area contributed by atoms with E-state index in [1.807, 2.05) is 0 Å². The third kappa shape index (κ3) is 6.18. The van der Waals surface area contributed by atoms with Gasteiger partial charge in [0.15, 0.2) is 0 Å². The van der Waals surface area contributed by atoms with Crippen LogP contribution in [0.4, 0.5) is 0 Å². The Balaban J connectivity index is 2.27. The second-order valence-corrected chi connectivity index (χ2v) is 6.51. The van der Waals surface area contributed by atoms with Gasteiger partial charge in [0.05, 0.1) is 18.3 Å². The van der Waals surface area contributed by atoms with Crippen LogP contribution in [0.5, 0.6) is 0 Å². The highest BCUT2D eigenvalue weighted by atomic mass is 79.9. The molecule has 1 saturated heterocycles. The number of hydrogen-bond acceptors (Lipinski definition) is 3. The molecule has 0 N–H and O–H groups in total. The molecule has 1 heterocycles. The van der Waals surface area contributed by atoms with Crippen LogP contribution in [0.2, 0.25) is 0 Å². The van der Waals surface area contributed by atoms with Crippen molar-refractivity contribution in [1.29, 1.82) is 0 Å². The molecule has 0 aromatic heterocycles. The molecule has 0 amide bonds. The summed E-state index contributed by atoms with van der Waals surface area (Å²) >= 11 is 3.51. The van der Waals surface area contributed by atoms with Crippen LogP contribution in [-0.2, 0) is 9.47 Å². The first-order chi connectivity index (χ1) is 7.93. The lowest BCUT2D eigenvalue weighted by Gasteiger charge is -2.42. The van der Waals surface area contributed by atoms with Gasteiger partial charge in [-0.05, 0) is 19.8 Å². The number of ether oxygens (including phenoxy) is 2. The maximum atomic E-state index is 5.97. The largest absolute Gasteiger partial charge is 0.380 e. The van der Waals surface area contributed by atoms with Crippen LogP contribution in [0, 0.1) is 5.92 Å². The monoisotopic (exact) mass is 307 g/mol. The van der Waals surface area contributed by atoms with Gasteiger partial charge in [-0.1, -0.05) is 29.8 Å². The van der Waals surface area contributed by atoms with Gasteiger partial charge in [-0.25, -0.2) is 0 Å². The molecule has 1 fully saturated rings. The lowest BCUT2D eigenvalue weighted by molar-refractivity contribution is -0.129. The second-order valence-electron chi connectivity index (χ2n) is 5.86. The van der Waals surface area contributed by atoms with Crippen LogP contribution in [0.1, 0.15) is 27.7 Å². The number of halogens is 1. The molecule has 1 atom stereocenters. The number of hydrogen-bond donors (Lipinski definition) is 0. The minimum atomic E-state index is -0.0469. The smallest absolute Gasteiger partial charge is 0.0806 e. The lowest BCUT2D eigenvalue weighted by atomic mass is 10.1. The van der Waals surface area contributed by atoms with E-state index in [2.05, 4.69) is 48.5 Å². The summed E-state index contributed by atoms with van der Waals surface area (Å²) in [6.07, 6.45) is 0.295. The maximum absolute atomic E-state index is 5.97. The maximum Gasteiger partial charge on any atom is 0.0806 e. The summed E-state index contributed by atoms with van der Waals surface area (Å²) in [4.78, 5) is 2.44. The van der Waals surface area contributed by atoms with Crippen LogP contribution in [0.15, 0.2) is 0 Å². The first-order valence-electron chi connectivity index (χ1n) is 6.47. The van der Waals surface area contributed by atoms with Crippen molar-refractivity contribution >= 4 is 15.9 Å². The first-order valence-corrected chi connectivity index (χ1v) is 7.59. The zero-order valence-electron chi connectivity index (χ0n) is 11.5. The Bertz CT molecular complexity index is 221. The second kappa shape index (κ2) is 7.07. The Morgan fingerprint density at radius 2 is 2.18 bits per heavy atom. The predicted octanol–water partition coefficient (Wildman–Crippen LogP) is 2.53. The van der Waals surface area contributed by atoms with Crippen molar-refractivity contribution in [2.75, 3.05) is 38.2 Å². The number of nitrogens with zero attached hydrogens (tertiary/aromatic N) is 1. The highest BCUT2D eigenvalue weighted by molar-refractivity contribution is 9.09. The van der Waals surface area contributed by atoms with Gasteiger partial charge in [0.2, 0.25) is 0 Å². The fourth-order valence-electron chi connectivity index (χ4n) is 2.18. The summed E-state index contributed by atoms with van der Waals surface area (Å²) < 4.78 is 11.6. The van der Waals surface area contributed by atoms with E-state index in [4.69, 9.17) is 9.47 Å². The summed E-state index contributed by atoms with van der Waals surface area (Å²) in [6.45, 7) is 13.3. The van der Waals surface area contributed by atoms with E-state index >= 15 is 0 Å². The normalized spacial score (nSPS) is 25.4. The molecule has 0 radical (unpaired) electrons. The predicted molar refractivity (Wildman–Crippen MR) is 74.8 cm³/mol. The van der Waals surface area contributed by atoms with Crippen LogP contribution in [0.3, 0.4) is 0 Å². The molecule has 3 nitrogen and oxygen atoms in total. The quantitative estimate of drug-likeness (QED) is 0.556. The van der Waals surface area contributed by atoms with Gasteiger partial charge in [-0.3, -0.25) is 4.90 Å². The molecule has 1 unspecified atom stereocenters. The molecule has 102 valence electrons.